The monoisotopic (exact) mass is 535 g/mol. The fraction of sp³-hybridized carbons (Fsp3) is 0.227. The van der Waals surface area contributed by atoms with Gasteiger partial charge < -0.3 is 5.32 Å². The molecule has 1 amide bonds. The Hall–Kier alpha value is -3.06. The minimum absolute atomic E-state index is 0.0105. The maximum atomic E-state index is 12.8. The molecule has 0 unspecified atom stereocenters. The van der Waals surface area contributed by atoms with Gasteiger partial charge in [0.2, 0.25) is 21.9 Å². The number of aromatic nitrogens is 2. The van der Waals surface area contributed by atoms with Crippen LogP contribution in [0.2, 0.25) is 5.02 Å². The molecule has 0 bridgehead atoms. The van der Waals surface area contributed by atoms with E-state index < -0.39 is 20.0 Å². The molecule has 13 heteroatoms. The fourth-order valence-corrected chi connectivity index (χ4v) is 6.16. The number of benzene rings is 2. The summed E-state index contributed by atoms with van der Waals surface area (Å²) >= 11 is 5.84. The van der Waals surface area contributed by atoms with E-state index in [0.717, 1.165) is 0 Å². The standard InChI is InChI=1S/C22H22ClN5O5S2/c23-17-2-6-20(7-3-17)35(32,33)28-14-10-16(11-15-28)21(29)26-18-4-8-19(9-5-18)34(30,31)27-22-24-12-1-13-25-22/h1-9,12-13,16H,10-11,14-15H2,(H,26,29)(H,24,25,27). The van der Waals surface area contributed by atoms with Gasteiger partial charge in [-0.05, 0) is 67.4 Å². The summed E-state index contributed by atoms with van der Waals surface area (Å²) in [6, 6.07) is 13.2. The highest BCUT2D eigenvalue weighted by Gasteiger charge is 2.32. The first-order chi connectivity index (χ1) is 16.6. The summed E-state index contributed by atoms with van der Waals surface area (Å²) in [7, 11) is -7.54. The Labute approximate surface area is 208 Å². The molecular formula is C22H22ClN5O5S2. The molecule has 2 aromatic carbocycles. The maximum absolute atomic E-state index is 12.8. The largest absolute Gasteiger partial charge is 0.326 e. The molecule has 0 aliphatic carbocycles. The van der Waals surface area contributed by atoms with Crippen molar-refractivity contribution in [3.05, 3.63) is 72.0 Å². The minimum Gasteiger partial charge on any atom is -0.326 e. The smallest absolute Gasteiger partial charge is 0.264 e. The zero-order chi connectivity index (χ0) is 25.1. The molecule has 35 heavy (non-hydrogen) atoms. The number of nitrogens with one attached hydrogen (secondary N) is 2. The van der Waals surface area contributed by atoms with Gasteiger partial charge in [-0.25, -0.2) is 31.5 Å². The first kappa shape index (κ1) is 25.0. The van der Waals surface area contributed by atoms with Gasteiger partial charge in [0.05, 0.1) is 9.79 Å². The van der Waals surface area contributed by atoms with Crippen LogP contribution in [0.15, 0.2) is 76.8 Å². The lowest BCUT2D eigenvalue weighted by molar-refractivity contribution is -0.120. The van der Waals surface area contributed by atoms with E-state index in [2.05, 4.69) is 20.0 Å². The number of nitrogens with zero attached hydrogens (tertiary/aromatic N) is 3. The Morgan fingerprint density at radius 1 is 0.886 bits per heavy atom. The van der Waals surface area contributed by atoms with Crippen molar-refractivity contribution in [2.75, 3.05) is 23.1 Å². The molecule has 1 aliphatic rings. The molecule has 0 atom stereocenters. The number of sulfonamides is 2. The van der Waals surface area contributed by atoms with E-state index in [1.165, 1.54) is 65.2 Å². The molecule has 2 heterocycles. The van der Waals surface area contributed by atoms with Gasteiger partial charge in [0.1, 0.15) is 0 Å². The van der Waals surface area contributed by atoms with E-state index >= 15 is 0 Å². The molecule has 3 aromatic rings. The number of halogens is 1. The summed E-state index contributed by atoms with van der Waals surface area (Å²) in [4.78, 5) is 20.5. The Bertz CT molecular complexity index is 1390. The highest BCUT2D eigenvalue weighted by Crippen LogP contribution is 2.26. The van der Waals surface area contributed by atoms with Gasteiger partial charge in [-0.3, -0.25) is 4.79 Å². The average Bonchev–Trinajstić information content (AvgIpc) is 2.85. The minimum atomic E-state index is -3.88. The van der Waals surface area contributed by atoms with Crippen LogP contribution in [-0.4, -0.2) is 50.1 Å². The van der Waals surface area contributed by atoms with Crippen LogP contribution >= 0.6 is 11.6 Å². The van der Waals surface area contributed by atoms with Crippen molar-refractivity contribution in [1.82, 2.24) is 14.3 Å². The van der Waals surface area contributed by atoms with Gasteiger partial charge in [0.15, 0.2) is 0 Å². The normalized spacial score (nSPS) is 15.5. The number of hydrogen-bond acceptors (Lipinski definition) is 7. The number of hydrogen-bond donors (Lipinski definition) is 2. The predicted octanol–water partition coefficient (Wildman–Crippen LogP) is 2.97. The van der Waals surface area contributed by atoms with E-state index in [1.54, 1.807) is 6.07 Å². The van der Waals surface area contributed by atoms with Crippen LogP contribution in [0.5, 0.6) is 0 Å². The highest BCUT2D eigenvalue weighted by atomic mass is 35.5. The molecule has 0 radical (unpaired) electrons. The lowest BCUT2D eigenvalue weighted by Gasteiger charge is -2.30. The van der Waals surface area contributed by atoms with Gasteiger partial charge in [0.25, 0.3) is 10.0 Å². The number of piperidine rings is 1. The Morgan fingerprint density at radius 3 is 2.06 bits per heavy atom. The second-order valence-corrected chi connectivity index (χ2v) is 11.9. The molecule has 0 spiro atoms. The molecule has 184 valence electrons. The van der Waals surface area contributed by atoms with Gasteiger partial charge in [-0.15, -0.1) is 0 Å². The Morgan fingerprint density at radius 2 is 1.46 bits per heavy atom. The number of anilines is 2. The van der Waals surface area contributed by atoms with Gasteiger partial charge in [-0.1, -0.05) is 11.6 Å². The molecule has 0 saturated carbocycles. The summed E-state index contributed by atoms with van der Waals surface area (Å²) in [5, 5.41) is 3.22. The van der Waals surface area contributed by atoms with Crippen molar-refractivity contribution in [3.8, 4) is 0 Å². The number of amides is 1. The van der Waals surface area contributed by atoms with Crippen LogP contribution in [0.4, 0.5) is 11.6 Å². The van der Waals surface area contributed by atoms with Crippen molar-refractivity contribution in [2.24, 2.45) is 5.92 Å². The van der Waals surface area contributed by atoms with Crippen LogP contribution in [0, 0.1) is 5.92 Å². The van der Waals surface area contributed by atoms with Gasteiger partial charge >= 0.3 is 0 Å². The lowest BCUT2D eigenvalue weighted by atomic mass is 9.97. The zero-order valence-electron chi connectivity index (χ0n) is 18.3. The quantitative estimate of drug-likeness (QED) is 0.474. The lowest BCUT2D eigenvalue weighted by Crippen LogP contribution is -2.41. The summed E-state index contributed by atoms with van der Waals surface area (Å²) in [5.41, 5.74) is 0.432. The van der Waals surface area contributed by atoms with Crippen LogP contribution in [0.1, 0.15) is 12.8 Å². The zero-order valence-corrected chi connectivity index (χ0v) is 20.7. The molecule has 2 N–H and O–H groups in total. The van der Waals surface area contributed by atoms with Crippen molar-refractivity contribution < 1.29 is 21.6 Å². The third-order valence-electron chi connectivity index (χ3n) is 5.50. The van der Waals surface area contributed by atoms with Crippen molar-refractivity contribution in [1.29, 1.82) is 0 Å². The number of carbonyl (C=O) groups is 1. The van der Waals surface area contributed by atoms with Crippen molar-refractivity contribution in [3.63, 3.8) is 0 Å². The van der Waals surface area contributed by atoms with E-state index in [0.29, 0.717) is 23.6 Å². The van der Waals surface area contributed by atoms with E-state index in [-0.39, 0.29) is 40.7 Å². The third-order valence-corrected chi connectivity index (χ3v) is 9.01. The molecule has 4 rings (SSSR count). The van der Waals surface area contributed by atoms with E-state index in [9.17, 15) is 21.6 Å². The molecule has 1 aromatic heterocycles. The second-order valence-electron chi connectivity index (χ2n) is 7.82. The Balaban J connectivity index is 1.34. The molecule has 10 nitrogen and oxygen atoms in total. The second kappa shape index (κ2) is 10.3. The predicted molar refractivity (Wildman–Crippen MR) is 131 cm³/mol. The van der Waals surface area contributed by atoms with Crippen LogP contribution < -0.4 is 10.0 Å². The SMILES string of the molecule is O=C(Nc1ccc(S(=O)(=O)Nc2ncccn2)cc1)C1CCN(S(=O)(=O)c2ccc(Cl)cc2)CC1. The molecule has 1 aliphatic heterocycles. The molecular weight excluding hydrogens is 514 g/mol. The first-order valence-corrected chi connectivity index (χ1v) is 13.9. The topological polar surface area (TPSA) is 138 Å². The van der Waals surface area contributed by atoms with E-state index in [1.807, 2.05) is 0 Å². The molecule has 1 fully saturated rings. The van der Waals surface area contributed by atoms with Gasteiger partial charge in [-0.2, -0.15) is 4.31 Å². The van der Waals surface area contributed by atoms with Crippen LogP contribution in [-0.2, 0) is 24.8 Å². The van der Waals surface area contributed by atoms with Crippen LogP contribution in [0.3, 0.4) is 0 Å². The maximum Gasteiger partial charge on any atom is 0.264 e. The van der Waals surface area contributed by atoms with Crippen molar-refractivity contribution >= 4 is 49.2 Å². The number of rotatable bonds is 7. The summed E-state index contributed by atoms with van der Waals surface area (Å²) in [5.74, 6) is -0.666. The average molecular weight is 536 g/mol. The molecule has 1 saturated heterocycles. The summed E-state index contributed by atoms with van der Waals surface area (Å²) < 4.78 is 54.2. The van der Waals surface area contributed by atoms with Crippen molar-refractivity contribution in [2.45, 2.75) is 22.6 Å². The Kier molecular flexibility index (Phi) is 7.36. The van der Waals surface area contributed by atoms with E-state index in [4.69, 9.17) is 11.6 Å². The fourth-order valence-electron chi connectivity index (χ4n) is 3.61. The third kappa shape index (κ3) is 5.96. The highest BCUT2D eigenvalue weighted by molar-refractivity contribution is 7.92. The van der Waals surface area contributed by atoms with Crippen LogP contribution in [0.25, 0.3) is 0 Å². The summed E-state index contributed by atoms with van der Waals surface area (Å²) in [6.07, 6.45) is 3.57. The van der Waals surface area contributed by atoms with Gasteiger partial charge in [0, 0.05) is 42.1 Å². The number of carbonyl (C=O) groups excluding carboxylic acids is 1. The first-order valence-electron chi connectivity index (χ1n) is 10.6. The summed E-state index contributed by atoms with van der Waals surface area (Å²) in [6.45, 7) is 0.431.